The molecule has 1 aliphatic carbocycles. The number of aliphatic hydroxyl groups excluding tert-OH is 1. The maximum absolute atomic E-state index is 11.3. The molecule has 0 bridgehead atoms. The molecule has 1 amide bonds. The summed E-state index contributed by atoms with van der Waals surface area (Å²) in [5, 5.41) is 11.6. The standard InChI is InChI=1S/C10H19NO2/c1-8(7-12)6-11-10(13)5-9-3-2-4-9/h8-9,12H,2-7H2,1H3,(H,11,13). The van der Waals surface area contributed by atoms with E-state index in [0.29, 0.717) is 18.9 Å². The smallest absolute Gasteiger partial charge is 0.220 e. The van der Waals surface area contributed by atoms with Crippen LogP contribution in [-0.4, -0.2) is 24.2 Å². The number of nitrogens with one attached hydrogen (secondary N) is 1. The lowest BCUT2D eigenvalue weighted by Gasteiger charge is -2.24. The van der Waals surface area contributed by atoms with E-state index in [1.165, 1.54) is 19.3 Å². The van der Waals surface area contributed by atoms with Gasteiger partial charge in [0, 0.05) is 19.6 Å². The van der Waals surface area contributed by atoms with E-state index in [2.05, 4.69) is 5.32 Å². The number of amides is 1. The van der Waals surface area contributed by atoms with E-state index in [1.807, 2.05) is 6.92 Å². The second-order valence-electron chi connectivity index (χ2n) is 4.09. The summed E-state index contributed by atoms with van der Waals surface area (Å²) in [6.07, 6.45) is 4.38. The van der Waals surface area contributed by atoms with Crippen molar-refractivity contribution in [2.45, 2.75) is 32.6 Å². The first-order valence-corrected chi connectivity index (χ1v) is 5.10. The van der Waals surface area contributed by atoms with Crippen LogP contribution in [0.4, 0.5) is 0 Å². The number of hydrogen-bond donors (Lipinski definition) is 2. The zero-order chi connectivity index (χ0) is 9.68. The predicted octanol–water partition coefficient (Wildman–Crippen LogP) is 0.921. The third kappa shape index (κ3) is 3.77. The molecule has 13 heavy (non-hydrogen) atoms. The second-order valence-corrected chi connectivity index (χ2v) is 4.09. The Hall–Kier alpha value is -0.570. The molecule has 0 spiro atoms. The van der Waals surface area contributed by atoms with Crippen molar-refractivity contribution in [3.8, 4) is 0 Å². The average Bonchev–Trinajstić information content (AvgIpc) is 2.07. The van der Waals surface area contributed by atoms with Gasteiger partial charge in [0.1, 0.15) is 0 Å². The molecule has 76 valence electrons. The summed E-state index contributed by atoms with van der Waals surface area (Å²) >= 11 is 0. The lowest BCUT2D eigenvalue weighted by molar-refractivity contribution is -0.122. The van der Waals surface area contributed by atoms with Crippen LogP contribution in [0.5, 0.6) is 0 Å². The lowest BCUT2D eigenvalue weighted by atomic mass is 9.83. The summed E-state index contributed by atoms with van der Waals surface area (Å²) < 4.78 is 0. The van der Waals surface area contributed by atoms with E-state index in [0.717, 1.165) is 0 Å². The third-order valence-electron chi connectivity index (χ3n) is 2.66. The van der Waals surface area contributed by atoms with Crippen molar-refractivity contribution in [2.24, 2.45) is 11.8 Å². The molecule has 0 radical (unpaired) electrons. The largest absolute Gasteiger partial charge is 0.396 e. The van der Waals surface area contributed by atoms with Gasteiger partial charge in [-0.1, -0.05) is 13.3 Å². The molecular formula is C10H19NO2. The van der Waals surface area contributed by atoms with Gasteiger partial charge in [-0.05, 0) is 24.7 Å². The van der Waals surface area contributed by atoms with Gasteiger partial charge in [0.05, 0.1) is 0 Å². The van der Waals surface area contributed by atoms with Gasteiger partial charge in [0.25, 0.3) is 0 Å². The van der Waals surface area contributed by atoms with Crippen molar-refractivity contribution in [3.05, 3.63) is 0 Å². The summed E-state index contributed by atoms with van der Waals surface area (Å²) in [5.74, 6) is 0.944. The van der Waals surface area contributed by atoms with Crippen LogP contribution in [0.3, 0.4) is 0 Å². The van der Waals surface area contributed by atoms with Gasteiger partial charge in [0.15, 0.2) is 0 Å². The summed E-state index contributed by atoms with van der Waals surface area (Å²) in [6.45, 7) is 2.66. The van der Waals surface area contributed by atoms with Crippen LogP contribution >= 0.6 is 0 Å². The van der Waals surface area contributed by atoms with E-state index in [-0.39, 0.29) is 18.4 Å². The molecule has 0 aromatic heterocycles. The lowest BCUT2D eigenvalue weighted by Crippen LogP contribution is -2.32. The molecule has 0 aliphatic heterocycles. The van der Waals surface area contributed by atoms with Crippen LogP contribution in [0.25, 0.3) is 0 Å². The number of carbonyl (C=O) groups is 1. The molecule has 1 rings (SSSR count). The molecule has 3 heteroatoms. The monoisotopic (exact) mass is 185 g/mol. The van der Waals surface area contributed by atoms with Gasteiger partial charge in [-0.15, -0.1) is 0 Å². The molecule has 0 aromatic rings. The van der Waals surface area contributed by atoms with E-state index in [1.54, 1.807) is 0 Å². The summed E-state index contributed by atoms with van der Waals surface area (Å²) in [7, 11) is 0. The van der Waals surface area contributed by atoms with Crippen molar-refractivity contribution in [1.29, 1.82) is 0 Å². The summed E-state index contributed by atoms with van der Waals surface area (Å²) in [4.78, 5) is 11.3. The Balaban J connectivity index is 2.03. The minimum Gasteiger partial charge on any atom is -0.396 e. The average molecular weight is 185 g/mol. The predicted molar refractivity (Wildman–Crippen MR) is 51.2 cm³/mol. The topological polar surface area (TPSA) is 49.3 Å². The molecule has 0 heterocycles. The van der Waals surface area contributed by atoms with Crippen LogP contribution in [-0.2, 0) is 4.79 Å². The Morgan fingerprint density at radius 2 is 2.31 bits per heavy atom. The molecule has 3 nitrogen and oxygen atoms in total. The molecular weight excluding hydrogens is 166 g/mol. The van der Waals surface area contributed by atoms with Crippen molar-refractivity contribution < 1.29 is 9.90 Å². The number of aliphatic hydroxyl groups is 1. The minimum atomic E-state index is 0.143. The number of carbonyl (C=O) groups excluding carboxylic acids is 1. The highest BCUT2D eigenvalue weighted by atomic mass is 16.3. The third-order valence-corrected chi connectivity index (χ3v) is 2.66. The van der Waals surface area contributed by atoms with E-state index >= 15 is 0 Å². The SMILES string of the molecule is CC(CO)CNC(=O)CC1CCC1. The molecule has 1 atom stereocenters. The molecule has 0 aromatic carbocycles. The van der Waals surface area contributed by atoms with Crippen molar-refractivity contribution >= 4 is 5.91 Å². The Morgan fingerprint density at radius 1 is 1.62 bits per heavy atom. The zero-order valence-electron chi connectivity index (χ0n) is 8.25. The fourth-order valence-electron chi connectivity index (χ4n) is 1.38. The molecule has 1 unspecified atom stereocenters. The minimum absolute atomic E-state index is 0.143. The second kappa shape index (κ2) is 5.22. The van der Waals surface area contributed by atoms with Crippen LogP contribution < -0.4 is 5.32 Å². The summed E-state index contributed by atoms with van der Waals surface area (Å²) in [6, 6.07) is 0. The van der Waals surface area contributed by atoms with Gasteiger partial charge in [-0.3, -0.25) is 4.79 Å². The van der Waals surface area contributed by atoms with Crippen LogP contribution in [0, 0.1) is 11.8 Å². The zero-order valence-corrected chi connectivity index (χ0v) is 8.25. The molecule has 0 saturated heterocycles. The van der Waals surface area contributed by atoms with Crippen LogP contribution in [0.1, 0.15) is 32.6 Å². The highest BCUT2D eigenvalue weighted by Gasteiger charge is 2.20. The molecule has 2 N–H and O–H groups in total. The van der Waals surface area contributed by atoms with Gasteiger partial charge in [0.2, 0.25) is 5.91 Å². The van der Waals surface area contributed by atoms with E-state index in [9.17, 15) is 4.79 Å². The van der Waals surface area contributed by atoms with Gasteiger partial charge >= 0.3 is 0 Å². The fourth-order valence-corrected chi connectivity index (χ4v) is 1.38. The van der Waals surface area contributed by atoms with Crippen molar-refractivity contribution in [3.63, 3.8) is 0 Å². The Labute approximate surface area is 79.5 Å². The molecule has 1 saturated carbocycles. The Kier molecular flexibility index (Phi) is 4.22. The maximum Gasteiger partial charge on any atom is 0.220 e. The first-order chi connectivity index (χ1) is 6.22. The Morgan fingerprint density at radius 3 is 2.77 bits per heavy atom. The van der Waals surface area contributed by atoms with Gasteiger partial charge in [-0.2, -0.15) is 0 Å². The maximum atomic E-state index is 11.3. The number of rotatable bonds is 5. The number of hydrogen-bond acceptors (Lipinski definition) is 2. The normalized spacial score (nSPS) is 19.2. The fraction of sp³-hybridized carbons (Fsp3) is 0.900. The highest BCUT2D eigenvalue weighted by molar-refractivity contribution is 5.76. The van der Waals surface area contributed by atoms with Gasteiger partial charge < -0.3 is 10.4 Å². The quantitative estimate of drug-likeness (QED) is 0.669. The van der Waals surface area contributed by atoms with Crippen LogP contribution in [0.15, 0.2) is 0 Å². The first kappa shape index (κ1) is 10.5. The van der Waals surface area contributed by atoms with Crippen molar-refractivity contribution in [2.75, 3.05) is 13.2 Å². The Bertz CT molecular complexity index is 166. The van der Waals surface area contributed by atoms with E-state index < -0.39 is 0 Å². The molecule has 1 fully saturated rings. The highest BCUT2D eigenvalue weighted by Crippen LogP contribution is 2.28. The van der Waals surface area contributed by atoms with Crippen LogP contribution in [0.2, 0.25) is 0 Å². The molecule has 1 aliphatic rings. The van der Waals surface area contributed by atoms with Gasteiger partial charge in [-0.25, -0.2) is 0 Å². The van der Waals surface area contributed by atoms with Crippen molar-refractivity contribution in [1.82, 2.24) is 5.32 Å². The van der Waals surface area contributed by atoms with E-state index in [4.69, 9.17) is 5.11 Å². The summed E-state index contributed by atoms with van der Waals surface area (Å²) in [5.41, 5.74) is 0. The first-order valence-electron chi connectivity index (χ1n) is 5.10.